The summed E-state index contributed by atoms with van der Waals surface area (Å²) in [7, 11) is 0. The van der Waals surface area contributed by atoms with Gasteiger partial charge in [-0.1, -0.05) is 27.7 Å². The van der Waals surface area contributed by atoms with Crippen molar-refractivity contribution in [2.24, 2.45) is 11.1 Å². The maximum Gasteiger partial charge on any atom is 0.0270 e. The van der Waals surface area contributed by atoms with Crippen molar-refractivity contribution in [1.29, 1.82) is 0 Å². The molecule has 0 spiro atoms. The molecule has 2 N–H and O–H groups in total. The molecular weight excluding hydrogens is 184 g/mol. The first-order chi connectivity index (χ1) is 6.99. The fraction of sp³-hybridized carbons (Fsp3) is 0.615. The second-order valence-corrected chi connectivity index (χ2v) is 4.94. The molecule has 0 aliphatic heterocycles. The van der Waals surface area contributed by atoms with Gasteiger partial charge >= 0.3 is 0 Å². The Labute approximate surface area is 92.9 Å². The molecule has 2 heteroatoms. The molecule has 0 fully saturated rings. The Morgan fingerprint density at radius 3 is 2.33 bits per heavy atom. The Kier molecular flexibility index (Phi) is 3.86. The molecule has 1 heterocycles. The molecule has 0 aliphatic rings. The smallest absolute Gasteiger partial charge is 0.0270 e. The predicted octanol–water partition coefficient (Wildman–Crippen LogP) is 2.95. The predicted molar refractivity (Wildman–Crippen MR) is 64.7 cm³/mol. The van der Waals surface area contributed by atoms with Gasteiger partial charge < -0.3 is 5.73 Å². The van der Waals surface area contributed by atoms with Crippen LogP contribution in [0.2, 0.25) is 0 Å². The van der Waals surface area contributed by atoms with E-state index in [1.165, 1.54) is 5.56 Å². The van der Waals surface area contributed by atoms with Crippen molar-refractivity contribution in [2.45, 2.75) is 46.1 Å². The third-order valence-corrected chi connectivity index (χ3v) is 3.58. The summed E-state index contributed by atoms with van der Waals surface area (Å²) in [5.74, 6) is 0.378. The molecule has 0 aromatic carbocycles. The first kappa shape index (κ1) is 12.2. The summed E-state index contributed by atoms with van der Waals surface area (Å²) >= 11 is 0. The fourth-order valence-electron chi connectivity index (χ4n) is 1.79. The van der Waals surface area contributed by atoms with Crippen molar-refractivity contribution in [3.63, 3.8) is 0 Å². The number of nitrogens with zero attached hydrogens (tertiary/aromatic N) is 1. The number of rotatable bonds is 4. The van der Waals surface area contributed by atoms with E-state index in [0.29, 0.717) is 5.92 Å². The normalized spacial score (nSPS) is 16.1. The fourth-order valence-corrected chi connectivity index (χ4v) is 1.79. The zero-order valence-electron chi connectivity index (χ0n) is 10.2. The second-order valence-electron chi connectivity index (χ2n) is 4.94. The molecule has 1 aromatic heterocycles. The highest BCUT2D eigenvalue weighted by molar-refractivity contribution is 5.18. The van der Waals surface area contributed by atoms with Crippen LogP contribution < -0.4 is 5.73 Å². The molecule has 0 radical (unpaired) electrons. The molecule has 0 saturated carbocycles. The van der Waals surface area contributed by atoms with Crippen LogP contribution >= 0.6 is 0 Å². The molecule has 0 saturated heterocycles. The van der Waals surface area contributed by atoms with Gasteiger partial charge in [0.25, 0.3) is 0 Å². The van der Waals surface area contributed by atoms with Crippen molar-refractivity contribution in [1.82, 2.24) is 4.98 Å². The Hall–Kier alpha value is -0.890. The SMILES string of the molecule is CCC(C)(C)C(N)C(C)c1ccncc1. The minimum Gasteiger partial charge on any atom is -0.327 e. The lowest BCUT2D eigenvalue weighted by molar-refractivity contribution is 0.248. The van der Waals surface area contributed by atoms with E-state index in [9.17, 15) is 0 Å². The average molecular weight is 206 g/mol. The second kappa shape index (κ2) is 4.75. The van der Waals surface area contributed by atoms with E-state index in [4.69, 9.17) is 5.73 Å². The van der Waals surface area contributed by atoms with Crippen LogP contribution in [0.3, 0.4) is 0 Å². The van der Waals surface area contributed by atoms with Gasteiger partial charge in [0, 0.05) is 18.4 Å². The number of nitrogens with two attached hydrogens (primary N) is 1. The van der Waals surface area contributed by atoms with Crippen LogP contribution in [0, 0.1) is 5.41 Å². The zero-order chi connectivity index (χ0) is 11.5. The zero-order valence-corrected chi connectivity index (χ0v) is 10.2. The van der Waals surface area contributed by atoms with Gasteiger partial charge in [0.05, 0.1) is 0 Å². The highest BCUT2D eigenvalue weighted by Crippen LogP contribution is 2.32. The molecule has 2 nitrogen and oxygen atoms in total. The lowest BCUT2D eigenvalue weighted by Crippen LogP contribution is -2.41. The molecular formula is C13H22N2. The topological polar surface area (TPSA) is 38.9 Å². The molecule has 0 aliphatic carbocycles. The Balaban J connectivity index is 2.82. The third-order valence-electron chi connectivity index (χ3n) is 3.58. The van der Waals surface area contributed by atoms with Gasteiger partial charge in [0.15, 0.2) is 0 Å². The quantitative estimate of drug-likeness (QED) is 0.822. The minimum atomic E-state index is 0.183. The van der Waals surface area contributed by atoms with E-state index in [1.807, 2.05) is 12.4 Å². The molecule has 1 aromatic rings. The maximum absolute atomic E-state index is 6.32. The van der Waals surface area contributed by atoms with E-state index < -0.39 is 0 Å². The van der Waals surface area contributed by atoms with Gasteiger partial charge in [-0.05, 0) is 35.4 Å². The van der Waals surface area contributed by atoms with Gasteiger partial charge in [-0.3, -0.25) is 4.98 Å². The highest BCUT2D eigenvalue weighted by atomic mass is 14.7. The summed E-state index contributed by atoms with van der Waals surface area (Å²) in [6.45, 7) is 8.85. The summed E-state index contributed by atoms with van der Waals surface area (Å²) in [5.41, 5.74) is 7.78. The third kappa shape index (κ3) is 2.78. The number of hydrogen-bond acceptors (Lipinski definition) is 2. The molecule has 2 atom stereocenters. The van der Waals surface area contributed by atoms with E-state index >= 15 is 0 Å². The lowest BCUT2D eigenvalue weighted by atomic mass is 9.75. The minimum absolute atomic E-state index is 0.183. The Bertz CT molecular complexity index is 293. The first-order valence-corrected chi connectivity index (χ1v) is 5.64. The first-order valence-electron chi connectivity index (χ1n) is 5.64. The van der Waals surface area contributed by atoms with Crippen molar-refractivity contribution in [3.05, 3.63) is 30.1 Å². The summed E-state index contributed by atoms with van der Waals surface area (Å²) in [6, 6.07) is 4.29. The van der Waals surface area contributed by atoms with Crippen LogP contribution in [0.25, 0.3) is 0 Å². The Morgan fingerprint density at radius 1 is 1.33 bits per heavy atom. The van der Waals surface area contributed by atoms with Crippen molar-refractivity contribution in [3.8, 4) is 0 Å². The van der Waals surface area contributed by atoms with Gasteiger partial charge in [-0.2, -0.15) is 0 Å². The van der Waals surface area contributed by atoms with Gasteiger partial charge in [-0.25, -0.2) is 0 Å². The monoisotopic (exact) mass is 206 g/mol. The van der Waals surface area contributed by atoms with Crippen molar-refractivity contribution < 1.29 is 0 Å². The van der Waals surface area contributed by atoms with Crippen molar-refractivity contribution >= 4 is 0 Å². The molecule has 0 bridgehead atoms. The molecule has 0 amide bonds. The number of aromatic nitrogens is 1. The van der Waals surface area contributed by atoms with E-state index in [-0.39, 0.29) is 11.5 Å². The standard InChI is InChI=1S/C13H22N2/c1-5-13(3,4)12(14)10(2)11-6-8-15-9-7-11/h6-10,12H,5,14H2,1-4H3. The summed E-state index contributed by atoms with van der Waals surface area (Å²) in [6.07, 6.45) is 4.76. The average Bonchev–Trinajstić information content (AvgIpc) is 2.28. The van der Waals surface area contributed by atoms with Crippen LogP contribution in [0.1, 0.15) is 45.6 Å². The van der Waals surface area contributed by atoms with Gasteiger partial charge in [-0.15, -0.1) is 0 Å². The van der Waals surface area contributed by atoms with Crippen LogP contribution in [-0.4, -0.2) is 11.0 Å². The summed E-state index contributed by atoms with van der Waals surface area (Å²) in [4.78, 5) is 4.03. The van der Waals surface area contributed by atoms with Crippen molar-refractivity contribution in [2.75, 3.05) is 0 Å². The molecule has 84 valence electrons. The summed E-state index contributed by atoms with van der Waals surface area (Å²) < 4.78 is 0. The largest absolute Gasteiger partial charge is 0.327 e. The molecule has 2 unspecified atom stereocenters. The van der Waals surface area contributed by atoms with E-state index in [0.717, 1.165) is 6.42 Å². The van der Waals surface area contributed by atoms with Gasteiger partial charge in [0.1, 0.15) is 0 Å². The maximum atomic E-state index is 6.32. The van der Waals surface area contributed by atoms with Crippen LogP contribution in [0.5, 0.6) is 0 Å². The number of pyridine rings is 1. The Morgan fingerprint density at radius 2 is 1.87 bits per heavy atom. The molecule has 1 rings (SSSR count). The van der Waals surface area contributed by atoms with Gasteiger partial charge in [0.2, 0.25) is 0 Å². The number of hydrogen-bond donors (Lipinski definition) is 1. The van der Waals surface area contributed by atoms with Crippen LogP contribution in [0.4, 0.5) is 0 Å². The van der Waals surface area contributed by atoms with E-state index in [1.54, 1.807) is 0 Å². The van der Waals surface area contributed by atoms with E-state index in [2.05, 4.69) is 44.8 Å². The van der Waals surface area contributed by atoms with Crippen LogP contribution in [0.15, 0.2) is 24.5 Å². The summed E-state index contributed by atoms with van der Waals surface area (Å²) in [5, 5.41) is 0. The highest BCUT2D eigenvalue weighted by Gasteiger charge is 2.29. The van der Waals surface area contributed by atoms with Crippen LogP contribution in [-0.2, 0) is 0 Å². The molecule has 15 heavy (non-hydrogen) atoms. The lowest BCUT2D eigenvalue weighted by Gasteiger charge is -2.35.